The molecular weight excluding hydrogens is 166 g/mol. The average molecular weight is 187 g/mol. The molecule has 13 heavy (non-hydrogen) atoms. The molecule has 1 aliphatic rings. The quantitative estimate of drug-likeness (QED) is 0.626. The van der Waals surface area contributed by atoms with E-state index in [0.717, 1.165) is 45.7 Å². The van der Waals surface area contributed by atoms with E-state index in [4.69, 9.17) is 4.74 Å². The Morgan fingerprint density at radius 1 is 1.31 bits per heavy atom. The highest BCUT2D eigenvalue weighted by molar-refractivity contribution is 4.93. The lowest BCUT2D eigenvalue weighted by molar-refractivity contribution is -0.105. The predicted octanol–water partition coefficient (Wildman–Crippen LogP) is 0.870. The van der Waals surface area contributed by atoms with Gasteiger partial charge in [0.25, 0.3) is 0 Å². The van der Waals surface area contributed by atoms with Crippen molar-refractivity contribution < 1.29 is 9.84 Å². The molecule has 3 heteroatoms. The highest BCUT2D eigenvalue weighted by atomic mass is 16.5. The number of hydrogen-bond donors (Lipinski definition) is 1. The minimum absolute atomic E-state index is 0.398. The summed E-state index contributed by atoms with van der Waals surface area (Å²) in [5.74, 6) is 0. The van der Waals surface area contributed by atoms with Crippen LogP contribution in [0.3, 0.4) is 0 Å². The Labute approximate surface area is 80.7 Å². The van der Waals surface area contributed by atoms with Gasteiger partial charge in [0, 0.05) is 26.2 Å². The van der Waals surface area contributed by atoms with Gasteiger partial charge in [-0.15, -0.1) is 0 Å². The summed E-state index contributed by atoms with van der Waals surface area (Å²) in [7, 11) is 0. The molecule has 0 aromatic rings. The fourth-order valence-corrected chi connectivity index (χ4v) is 1.61. The molecule has 0 aliphatic carbocycles. The van der Waals surface area contributed by atoms with Gasteiger partial charge in [0.15, 0.2) is 0 Å². The molecule has 1 saturated heterocycles. The molecule has 0 saturated carbocycles. The van der Waals surface area contributed by atoms with Crippen LogP contribution in [0.4, 0.5) is 0 Å². The van der Waals surface area contributed by atoms with E-state index in [9.17, 15) is 5.11 Å². The number of ether oxygens (including phenoxy) is 1. The summed E-state index contributed by atoms with van der Waals surface area (Å²) in [6, 6.07) is 0. The van der Waals surface area contributed by atoms with Gasteiger partial charge in [-0.1, -0.05) is 13.8 Å². The molecule has 1 N–H and O–H groups in total. The molecule has 78 valence electrons. The van der Waals surface area contributed by atoms with Gasteiger partial charge in [-0.3, -0.25) is 4.90 Å². The van der Waals surface area contributed by atoms with Crippen LogP contribution < -0.4 is 0 Å². The van der Waals surface area contributed by atoms with Crippen molar-refractivity contribution in [1.29, 1.82) is 0 Å². The zero-order valence-electron chi connectivity index (χ0n) is 8.75. The molecule has 0 unspecified atom stereocenters. The second kappa shape index (κ2) is 4.94. The minimum atomic E-state index is -0.398. The standard InChI is InChI=1S/C10H21NO2/c1-3-6-13-7-5-11-8-10(12,4-2)9-11/h12H,3-9H2,1-2H3. The summed E-state index contributed by atoms with van der Waals surface area (Å²) in [6.45, 7) is 8.39. The summed E-state index contributed by atoms with van der Waals surface area (Å²) < 4.78 is 5.37. The first-order chi connectivity index (χ1) is 6.20. The number of rotatable bonds is 6. The number of aliphatic hydroxyl groups is 1. The van der Waals surface area contributed by atoms with Gasteiger partial charge in [0.2, 0.25) is 0 Å². The van der Waals surface area contributed by atoms with Gasteiger partial charge < -0.3 is 9.84 Å². The highest BCUT2D eigenvalue weighted by Crippen LogP contribution is 2.23. The molecule has 1 rings (SSSR count). The van der Waals surface area contributed by atoms with Crippen LogP contribution in [-0.2, 0) is 4.74 Å². The predicted molar refractivity (Wildman–Crippen MR) is 52.8 cm³/mol. The average Bonchev–Trinajstić information content (AvgIpc) is 2.08. The molecule has 1 fully saturated rings. The van der Waals surface area contributed by atoms with Gasteiger partial charge in [0.1, 0.15) is 0 Å². The van der Waals surface area contributed by atoms with Crippen molar-refractivity contribution in [3.63, 3.8) is 0 Å². The lowest BCUT2D eigenvalue weighted by atomic mass is 9.91. The molecular formula is C10H21NO2. The van der Waals surface area contributed by atoms with Crippen LogP contribution >= 0.6 is 0 Å². The molecule has 0 amide bonds. The van der Waals surface area contributed by atoms with Gasteiger partial charge >= 0.3 is 0 Å². The Hall–Kier alpha value is -0.120. The van der Waals surface area contributed by atoms with E-state index < -0.39 is 5.60 Å². The Balaban J connectivity index is 1.96. The number of hydrogen-bond acceptors (Lipinski definition) is 3. The first-order valence-electron chi connectivity index (χ1n) is 5.22. The summed E-state index contributed by atoms with van der Waals surface area (Å²) in [5, 5.41) is 9.71. The Bertz CT molecular complexity index is 144. The van der Waals surface area contributed by atoms with Crippen molar-refractivity contribution >= 4 is 0 Å². The van der Waals surface area contributed by atoms with Crippen molar-refractivity contribution in [2.45, 2.75) is 32.3 Å². The topological polar surface area (TPSA) is 32.7 Å². The monoisotopic (exact) mass is 187 g/mol. The van der Waals surface area contributed by atoms with Crippen LogP contribution in [-0.4, -0.2) is 48.5 Å². The zero-order chi connectivity index (χ0) is 9.73. The fraction of sp³-hybridized carbons (Fsp3) is 1.00. The third-order valence-electron chi connectivity index (χ3n) is 2.59. The normalized spacial score (nSPS) is 21.5. The van der Waals surface area contributed by atoms with Gasteiger partial charge in [0.05, 0.1) is 12.2 Å². The van der Waals surface area contributed by atoms with Gasteiger partial charge in [-0.25, -0.2) is 0 Å². The van der Waals surface area contributed by atoms with E-state index >= 15 is 0 Å². The number of likely N-dealkylation sites (tertiary alicyclic amines) is 1. The van der Waals surface area contributed by atoms with E-state index in [-0.39, 0.29) is 0 Å². The largest absolute Gasteiger partial charge is 0.387 e. The third-order valence-corrected chi connectivity index (χ3v) is 2.59. The van der Waals surface area contributed by atoms with E-state index in [1.54, 1.807) is 0 Å². The van der Waals surface area contributed by atoms with Crippen molar-refractivity contribution in [3.8, 4) is 0 Å². The maximum absolute atomic E-state index is 9.71. The first kappa shape index (κ1) is 11.0. The lowest BCUT2D eigenvalue weighted by Crippen LogP contribution is -2.61. The van der Waals surface area contributed by atoms with E-state index in [0.29, 0.717) is 0 Å². The van der Waals surface area contributed by atoms with Crippen LogP contribution in [0.5, 0.6) is 0 Å². The molecule has 0 bridgehead atoms. The van der Waals surface area contributed by atoms with Gasteiger partial charge in [-0.2, -0.15) is 0 Å². The molecule has 1 heterocycles. The summed E-state index contributed by atoms with van der Waals surface area (Å²) in [5.41, 5.74) is -0.398. The van der Waals surface area contributed by atoms with E-state index in [1.807, 2.05) is 6.92 Å². The second-order valence-electron chi connectivity index (χ2n) is 3.90. The van der Waals surface area contributed by atoms with Crippen molar-refractivity contribution in [2.24, 2.45) is 0 Å². The van der Waals surface area contributed by atoms with Crippen LogP contribution in [0.15, 0.2) is 0 Å². The maximum Gasteiger partial charge on any atom is 0.0897 e. The lowest BCUT2D eigenvalue weighted by Gasteiger charge is -2.46. The molecule has 0 aromatic heterocycles. The van der Waals surface area contributed by atoms with E-state index in [2.05, 4.69) is 11.8 Å². The molecule has 0 radical (unpaired) electrons. The summed E-state index contributed by atoms with van der Waals surface area (Å²) in [6.07, 6.45) is 1.94. The Kier molecular flexibility index (Phi) is 4.16. The van der Waals surface area contributed by atoms with E-state index in [1.165, 1.54) is 0 Å². The minimum Gasteiger partial charge on any atom is -0.387 e. The molecule has 1 aliphatic heterocycles. The molecule has 0 atom stereocenters. The maximum atomic E-state index is 9.71. The summed E-state index contributed by atoms with van der Waals surface area (Å²) in [4.78, 5) is 2.24. The molecule has 0 spiro atoms. The molecule has 0 aromatic carbocycles. The van der Waals surface area contributed by atoms with Crippen molar-refractivity contribution in [2.75, 3.05) is 32.8 Å². The van der Waals surface area contributed by atoms with Crippen LogP contribution in [0.1, 0.15) is 26.7 Å². The van der Waals surface area contributed by atoms with Crippen molar-refractivity contribution in [3.05, 3.63) is 0 Å². The van der Waals surface area contributed by atoms with Crippen LogP contribution in [0.2, 0.25) is 0 Å². The number of β-amino-alcohol motifs (C(OH)–C–C–N with tert-alkyl or cyclic N) is 1. The second-order valence-corrected chi connectivity index (χ2v) is 3.90. The number of nitrogens with zero attached hydrogens (tertiary/aromatic N) is 1. The Morgan fingerprint density at radius 2 is 2.00 bits per heavy atom. The van der Waals surface area contributed by atoms with Gasteiger partial charge in [-0.05, 0) is 12.8 Å². The third kappa shape index (κ3) is 3.25. The summed E-state index contributed by atoms with van der Waals surface area (Å²) >= 11 is 0. The highest BCUT2D eigenvalue weighted by Gasteiger charge is 2.38. The van der Waals surface area contributed by atoms with Crippen LogP contribution in [0, 0.1) is 0 Å². The van der Waals surface area contributed by atoms with Crippen LogP contribution in [0.25, 0.3) is 0 Å². The SMILES string of the molecule is CCCOCCN1CC(O)(CC)C1. The fourth-order valence-electron chi connectivity index (χ4n) is 1.61. The zero-order valence-corrected chi connectivity index (χ0v) is 8.75. The Morgan fingerprint density at radius 3 is 2.54 bits per heavy atom. The molecule has 3 nitrogen and oxygen atoms in total. The van der Waals surface area contributed by atoms with Crippen molar-refractivity contribution in [1.82, 2.24) is 4.90 Å². The first-order valence-corrected chi connectivity index (χ1v) is 5.22. The smallest absolute Gasteiger partial charge is 0.0897 e.